The van der Waals surface area contributed by atoms with Crippen molar-refractivity contribution in [2.45, 2.75) is 37.3 Å². The zero-order chi connectivity index (χ0) is 21.0. The molecule has 1 aliphatic carbocycles. The summed E-state index contributed by atoms with van der Waals surface area (Å²) in [5.41, 5.74) is 1.23. The predicted octanol–water partition coefficient (Wildman–Crippen LogP) is 4.12. The van der Waals surface area contributed by atoms with E-state index in [0.717, 1.165) is 5.56 Å². The zero-order valence-electron chi connectivity index (χ0n) is 16.6. The lowest BCUT2D eigenvalue weighted by atomic mass is 9.74. The summed E-state index contributed by atoms with van der Waals surface area (Å²) in [5.74, 6) is 0.424. The molecule has 1 fully saturated rings. The van der Waals surface area contributed by atoms with Crippen molar-refractivity contribution in [2.75, 3.05) is 12.0 Å². The molecule has 2 aliphatic heterocycles. The number of methoxy groups -OCH3 is 1. The summed E-state index contributed by atoms with van der Waals surface area (Å²) in [6.45, 7) is 2.06. The minimum absolute atomic E-state index is 0.0352. The molecule has 30 heavy (non-hydrogen) atoms. The number of halogens is 1. The lowest BCUT2D eigenvalue weighted by Crippen LogP contribution is -2.44. The number of Topliss-reactive ketones (excluding diaryl/α,β-unsaturated/α-hetero) is 1. The van der Waals surface area contributed by atoms with Gasteiger partial charge in [-0.3, -0.25) is 14.5 Å². The average Bonchev–Trinajstić information content (AvgIpc) is 3.37. The van der Waals surface area contributed by atoms with Gasteiger partial charge >= 0.3 is 0 Å². The van der Waals surface area contributed by atoms with Crippen LogP contribution < -0.4 is 9.64 Å². The van der Waals surface area contributed by atoms with Crippen LogP contribution in [0.5, 0.6) is 5.75 Å². The van der Waals surface area contributed by atoms with Gasteiger partial charge in [-0.25, -0.2) is 4.98 Å². The highest BCUT2D eigenvalue weighted by molar-refractivity contribution is 7.13. The Hall–Kier alpha value is -2.38. The number of thiazole rings is 1. The molecular formula is C22H21ClN2O4S. The van der Waals surface area contributed by atoms with Crippen LogP contribution in [0.15, 0.2) is 47.2 Å². The standard InChI is InChI=1S/C22H21ClN2O4S/c1-11-9-16-14(10-15(11)23)19(26)17-18(12-3-5-13(28-2)6-4-12)25(21(27)20(17)29-16)22-24-7-8-30-22/h3-8,11,14-16,18H,9-10H2,1-2H3. The van der Waals surface area contributed by atoms with Crippen LogP contribution in [0.1, 0.15) is 31.4 Å². The predicted molar refractivity (Wildman–Crippen MR) is 114 cm³/mol. The molecule has 0 bridgehead atoms. The molecule has 8 heteroatoms. The van der Waals surface area contributed by atoms with Crippen molar-refractivity contribution in [3.8, 4) is 5.75 Å². The molecule has 1 amide bonds. The van der Waals surface area contributed by atoms with E-state index in [9.17, 15) is 9.59 Å². The number of alkyl halides is 1. The first-order chi connectivity index (χ1) is 14.5. The molecular weight excluding hydrogens is 424 g/mol. The Morgan fingerprint density at radius 1 is 1.23 bits per heavy atom. The van der Waals surface area contributed by atoms with Crippen LogP contribution in [-0.2, 0) is 14.3 Å². The average molecular weight is 445 g/mol. The van der Waals surface area contributed by atoms with Gasteiger partial charge in [-0.2, -0.15) is 0 Å². The molecule has 1 aromatic carbocycles. The minimum Gasteiger partial charge on any atom is -0.497 e. The second-order valence-electron chi connectivity index (χ2n) is 8.00. The number of carbonyl (C=O) groups is 2. The number of ether oxygens (including phenoxy) is 2. The summed E-state index contributed by atoms with van der Waals surface area (Å²) in [5, 5.41) is 2.28. The fraction of sp³-hybridized carbons (Fsp3) is 0.409. The fourth-order valence-corrected chi connectivity index (χ4v) is 5.61. The smallest absolute Gasteiger partial charge is 0.296 e. The Morgan fingerprint density at radius 2 is 2.00 bits per heavy atom. The van der Waals surface area contributed by atoms with Crippen LogP contribution in [0.4, 0.5) is 5.13 Å². The summed E-state index contributed by atoms with van der Waals surface area (Å²) >= 11 is 7.85. The van der Waals surface area contributed by atoms with Crippen LogP contribution in [0.3, 0.4) is 0 Å². The highest BCUT2D eigenvalue weighted by atomic mass is 35.5. The number of rotatable bonds is 3. The van der Waals surface area contributed by atoms with E-state index in [0.29, 0.717) is 29.3 Å². The minimum atomic E-state index is -0.578. The van der Waals surface area contributed by atoms with Crippen molar-refractivity contribution in [3.63, 3.8) is 0 Å². The van der Waals surface area contributed by atoms with Gasteiger partial charge in [0.25, 0.3) is 5.91 Å². The topological polar surface area (TPSA) is 68.7 Å². The second-order valence-corrected chi connectivity index (χ2v) is 9.43. The maximum atomic E-state index is 13.6. The Kier molecular flexibility index (Phi) is 4.82. The third-order valence-corrected chi connectivity index (χ3v) is 7.65. The summed E-state index contributed by atoms with van der Waals surface area (Å²) in [6.07, 6.45) is 2.57. The van der Waals surface area contributed by atoms with E-state index in [2.05, 4.69) is 11.9 Å². The molecule has 156 valence electrons. The highest BCUT2D eigenvalue weighted by Crippen LogP contribution is 2.49. The maximum Gasteiger partial charge on any atom is 0.296 e. The number of fused-ring (bicyclic) bond motifs is 1. The molecule has 0 N–H and O–H groups in total. The van der Waals surface area contributed by atoms with Gasteiger partial charge in [0, 0.05) is 17.0 Å². The maximum absolute atomic E-state index is 13.6. The Balaban J connectivity index is 1.61. The number of anilines is 1. The number of hydrogen-bond donors (Lipinski definition) is 0. The van der Waals surface area contributed by atoms with Crippen molar-refractivity contribution in [1.82, 2.24) is 4.98 Å². The van der Waals surface area contributed by atoms with E-state index in [1.165, 1.54) is 11.3 Å². The van der Waals surface area contributed by atoms with E-state index in [1.54, 1.807) is 18.2 Å². The second kappa shape index (κ2) is 7.39. The van der Waals surface area contributed by atoms with Gasteiger partial charge in [0.15, 0.2) is 16.7 Å². The van der Waals surface area contributed by atoms with Crippen molar-refractivity contribution < 1.29 is 19.1 Å². The number of benzene rings is 1. The largest absolute Gasteiger partial charge is 0.497 e. The van der Waals surface area contributed by atoms with Gasteiger partial charge in [0.2, 0.25) is 0 Å². The molecule has 2 aromatic rings. The summed E-state index contributed by atoms with van der Waals surface area (Å²) in [7, 11) is 1.60. The Morgan fingerprint density at radius 3 is 2.67 bits per heavy atom. The van der Waals surface area contributed by atoms with Crippen molar-refractivity contribution in [2.24, 2.45) is 11.8 Å². The van der Waals surface area contributed by atoms with E-state index in [4.69, 9.17) is 21.1 Å². The van der Waals surface area contributed by atoms with E-state index in [-0.39, 0.29) is 40.8 Å². The summed E-state index contributed by atoms with van der Waals surface area (Å²) in [6, 6.07) is 6.82. The molecule has 5 atom stereocenters. The molecule has 3 aliphatic rings. The first kappa shape index (κ1) is 19.6. The molecule has 1 aromatic heterocycles. The van der Waals surface area contributed by atoms with Crippen LogP contribution in [0, 0.1) is 11.8 Å². The van der Waals surface area contributed by atoms with Crippen molar-refractivity contribution in [3.05, 3.63) is 52.7 Å². The van der Waals surface area contributed by atoms with Gasteiger partial charge in [0.1, 0.15) is 11.9 Å². The van der Waals surface area contributed by atoms with Gasteiger partial charge in [-0.05, 0) is 36.5 Å². The molecule has 0 spiro atoms. The first-order valence-electron chi connectivity index (χ1n) is 9.95. The third kappa shape index (κ3) is 2.94. The Bertz CT molecular complexity index is 1020. The highest BCUT2D eigenvalue weighted by Gasteiger charge is 2.54. The quantitative estimate of drug-likeness (QED) is 0.666. The van der Waals surface area contributed by atoms with E-state index >= 15 is 0 Å². The number of carbonyl (C=O) groups excluding carboxylic acids is 2. The van der Waals surface area contributed by atoms with Gasteiger partial charge in [-0.15, -0.1) is 22.9 Å². The molecule has 6 nitrogen and oxygen atoms in total. The normalized spacial score (nSPS) is 30.8. The molecule has 5 unspecified atom stereocenters. The molecule has 3 heterocycles. The summed E-state index contributed by atoms with van der Waals surface area (Å²) in [4.78, 5) is 33.0. The van der Waals surface area contributed by atoms with Gasteiger partial charge < -0.3 is 9.47 Å². The van der Waals surface area contributed by atoms with Crippen LogP contribution in [0.25, 0.3) is 0 Å². The van der Waals surface area contributed by atoms with E-state index in [1.807, 2.05) is 29.6 Å². The van der Waals surface area contributed by atoms with Crippen molar-refractivity contribution >= 4 is 39.8 Å². The van der Waals surface area contributed by atoms with E-state index < -0.39 is 6.04 Å². The number of hydrogen-bond acceptors (Lipinski definition) is 6. The third-order valence-electron chi connectivity index (χ3n) is 6.27. The molecule has 0 saturated heterocycles. The molecule has 0 radical (unpaired) electrons. The number of aromatic nitrogens is 1. The fourth-order valence-electron chi connectivity index (χ4n) is 4.65. The van der Waals surface area contributed by atoms with Crippen LogP contribution >= 0.6 is 22.9 Å². The SMILES string of the molecule is COc1ccc(C2C3=C(OC4CC(C)C(Cl)CC4C3=O)C(=O)N2c2nccs2)cc1. The number of ketones is 1. The van der Waals surface area contributed by atoms with Gasteiger partial charge in [-0.1, -0.05) is 19.1 Å². The van der Waals surface area contributed by atoms with Crippen LogP contribution in [0.2, 0.25) is 0 Å². The zero-order valence-corrected chi connectivity index (χ0v) is 18.2. The molecule has 1 saturated carbocycles. The lowest BCUT2D eigenvalue weighted by molar-refractivity contribution is -0.132. The summed E-state index contributed by atoms with van der Waals surface area (Å²) < 4.78 is 11.5. The Labute approximate surface area is 183 Å². The first-order valence-corrected chi connectivity index (χ1v) is 11.3. The lowest BCUT2D eigenvalue weighted by Gasteiger charge is -2.39. The molecule has 5 rings (SSSR count). The van der Waals surface area contributed by atoms with Crippen molar-refractivity contribution in [1.29, 1.82) is 0 Å². The monoisotopic (exact) mass is 444 g/mol. The van der Waals surface area contributed by atoms with Crippen LogP contribution in [-0.4, -0.2) is 35.3 Å². The number of amides is 1. The number of nitrogens with zero attached hydrogens (tertiary/aromatic N) is 2. The van der Waals surface area contributed by atoms with Gasteiger partial charge in [0.05, 0.1) is 24.6 Å².